The van der Waals surface area contributed by atoms with Gasteiger partial charge in [-0.3, -0.25) is 14.5 Å². The molecule has 0 spiro atoms. The smallest absolute Gasteiger partial charge is 0.255 e. The quantitative estimate of drug-likeness (QED) is 0.562. The number of benzene rings is 3. The van der Waals surface area contributed by atoms with Crippen LogP contribution in [0, 0.1) is 12.7 Å². The van der Waals surface area contributed by atoms with Crippen LogP contribution in [-0.2, 0) is 11.3 Å². The van der Waals surface area contributed by atoms with Gasteiger partial charge in [-0.25, -0.2) is 4.39 Å². The number of nitrogens with zero attached hydrogens (tertiary/aromatic N) is 2. The molecule has 0 aromatic heterocycles. The second-order valence-corrected chi connectivity index (χ2v) is 8.83. The molecule has 5 nitrogen and oxygen atoms in total. The SMILES string of the molecule is Cc1cc(C(=O)N2CCN([C@@H](C(=O)NCc3ccccc3)c3ccccc3)CC2)c(Cl)cc1F. The molecule has 0 bridgehead atoms. The van der Waals surface area contributed by atoms with E-state index in [4.69, 9.17) is 11.6 Å². The minimum atomic E-state index is -0.459. The Morgan fingerprint density at radius 1 is 0.971 bits per heavy atom. The van der Waals surface area contributed by atoms with E-state index >= 15 is 0 Å². The number of nitrogens with one attached hydrogen (secondary N) is 1. The van der Waals surface area contributed by atoms with Gasteiger partial charge in [0.15, 0.2) is 0 Å². The summed E-state index contributed by atoms with van der Waals surface area (Å²) in [6.07, 6.45) is 0. The molecule has 1 atom stereocenters. The van der Waals surface area contributed by atoms with Crippen LogP contribution in [0.4, 0.5) is 4.39 Å². The maximum atomic E-state index is 13.8. The molecule has 0 radical (unpaired) electrons. The average molecular weight is 480 g/mol. The van der Waals surface area contributed by atoms with Crippen LogP contribution in [0.1, 0.15) is 33.1 Å². The number of halogens is 2. The highest BCUT2D eigenvalue weighted by Gasteiger charge is 2.32. The number of piperazine rings is 1. The van der Waals surface area contributed by atoms with E-state index in [1.165, 1.54) is 12.1 Å². The number of carbonyl (C=O) groups is 2. The number of carbonyl (C=O) groups excluding carboxylic acids is 2. The van der Waals surface area contributed by atoms with Crippen molar-refractivity contribution in [2.75, 3.05) is 26.2 Å². The summed E-state index contributed by atoms with van der Waals surface area (Å²) in [7, 11) is 0. The highest BCUT2D eigenvalue weighted by molar-refractivity contribution is 6.33. The van der Waals surface area contributed by atoms with Gasteiger partial charge in [0, 0.05) is 32.7 Å². The molecule has 4 rings (SSSR count). The van der Waals surface area contributed by atoms with Gasteiger partial charge in [-0.15, -0.1) is 0 Å². The standard InChI is InChI=1S/C27H27ClFN3O2/c1-19-16-22(23(28)17-24(19)29)27(34)32-14-12-31(13-15-32)25(21-10-6-3-7-11-21)26(33)30-18-20-8-4-2-5-9-20/h2-11,16-17,25H,12-15,18H2,1H3,(H,30,33)/t25-/m1/s1. The molecule has 0 saturated carbocycles. The van der Waals surface area contributed by atoms with Gasteiger partial charge in [-0.1, -0.05) is 72.3 Å². The van der Waals surface area contributed by atoms with Gasteiger partial charge in [0.25, 0.3) is 5.91 Å². The Balaban J connectivity index is 1.46. The zero-order chi connectivity index (χ0) is 24.1. The molecule has 3 aromatic rings. The van der Waals surface area contributed by atoms with Crippen molar-refractivity contribution in [2.45, 2.75) is 19.5 Å². The highest BCUT2D eigenvalue weighted by atomic mass is 35.5. The first-order valence-corrected chi connectivity index (χ1v) is 11.7. The van der Waals surface area contributed by atoms with Crippen LogP contribution in [0.5, 0.6) is 0 Å². The van der Waals surface area contributed by atoms with Gasteiger partial charge in [0.05, 0.1) is 10.6 Å². The molecule has 0 unspecified atom stereocenters. The van der Waals surface area contributed by atoms with E-state index in [1.54, 1.807) is 11.8 Å². The second kappa shape index (κ2) is 10.8. The first kappa shape index (κ1) is 23.9. The molecule has 1 heterocycles. The van der Waals surface area contributed by atoms with Gasteiger partial charge in [-0.2, -0.15) is 0 Å². The Hall–Kier alpha value is -3.22. The molecule has 34 heavy (non-hydrogen) atoms. The number of rotatable bonds is 6. The van der Waals surface area contributed by atoms with E-state index in [0.29, 0.717) is 43.9 Å². The number of hydrogen-bond acceptors (Lipinski definition) is 3. The molecule has 0 aliphatic carbocycles. The lowest BCUT2D eigenvalue weighted by molar-refractivity contribution is -0.127. The van der Waals surface area contributed by atoms with Crippen molar-refractivity contribution in [3.05, 3.63) is 106 Å². The number of hydrogen-bond donors (Lipinski definition) is 1. The van der Waals surface area contributed by atoms with Crippen LogP contribution in [0.2, 0.25) is 5.02 Å². The van der Waals surface area contributed by atoms with Gasteiger partial charge in [0.1, 0.15) is 11.9 Å². The topological polar surface area (TPSA) is 52.7 Å². The monoisotopic (exact) mass is 479 g/mol. The Kier molecular flexibility index (Phi) is 7.60. The van der Waals surface area contributed by atoms with Crippen LogP contribution in [-0.4, -0.2) is 47.8 Å². The third-order valence-corrected chi connectivity index (χ3v) is 6.43. The zero-order valence-electron chi connectivity index (χ0n) is 19.0. The Bertz CT molecular complexity index is 1150. The third-order valence-electron chi connectivity index (χ3n) is 6.12. The van der Waals surface area contributed by atoms with Crippen LogP contribution in [0.15, 0.2) is 72.8 Å². The van der Waals surface area contributed by atoms with E-state index in [0.717, 1.165) is 11.1 Å². The van der Waals surface area contributed by atoms with E-state index in [-0.39, 0.29) is 16.8 Å². The maximum absolute atomic E-state index is 13.8. The molecule has 1 saturated heterocycles. The van der Waals surface area contributed by atoms with Crippen molar-refractivity contribution < 1.29 is 14.0 Å². The minimum Gasteiger partial charge on any atom is -0.350 e. The maximum Gasteiger partial charge on any atom is 0.255 e. The lowest BCUT2D eigenvalue weighted by Gasteiger charge is -2.39. The molecule has 176 valence electrons. The minimum absolute atomic E-state index is 0.0768. The predicted octanol–water partition coefficient (Wildman–Crippen LogP) is 4.60. The van der Waals surface area contributed by atoms with Gasteiger partial charge in [0.2, 0.25) is 5.91 Å². The highest BCUT2D eigenvalue weighted by Crippen LogP contribution is 2.26. The van der Waals surface area contributed by atoms with Crippen molar-refractivity contribution in [3.8, 4) is 0 Å². The first-order chi connectivity index (χ1) is 16.4. The molecule has 1 aliphatic rings. The van der Waals surface area contributed by atoms with Gasteiger partial charge < -0.3 is 10.2 Å². The molecular formula is C27H27ClFN3O2. The summed E-state index contributed by atoms with van der Waals surface area (Å²) in [6.45, 7) is 4.01. The molecule has 3 aromatic carbocycles. The van der Waals surface area contributed by atoms with Crippen LogP contribution >= 0.6 is 11.6 Å². The lowest BCUT2D eigenvalue weighted by Crippen LogP contribution is -2.52. The van der Waals surface area contributed by atoms with Crippen molar-refractivity contribution in [1.82, 2.24) is 15.1 Å². The third kappa shape index (κ3) is 5.46. The molecule has 7 heteroatoms. The summed E-state index contributed by atoms with van der Waals surface area (Å²) in [5.74, 6) is -0.733. The van der Waals surface area contributed by atoms with Crippen molar-refractivity contribution in [3.63, 3.8) is 0 Å². The largest absolute Gasteiger partial charge is 0.350 e. The molecule has 1 fully saturated rings. The van der Waals surface area contributed by atoms with Crippen molar-refractivity contribution in [1.29, 1.82) is 0 Å². The van der Waals surface area contributed by atoms with E-state index in [1.807, 2.05) is 60.7 Å². The summed E-state index contributed by atoms with van der Waals surface area (Å²) in [5.41, 5.74) is 2.62. The average Bonchev–Trinajstić information content (AvgIpc) is 2.86. The molecule has 1 aliphatic heterocycles. The second-order valence-electron chi connectivity index (χ2n) is 8.43. The van der Waals surface area contributed by atoms with Gasteiger partial charge in [-0.05, 0) is 35.7 Å². The Labute approximate surface area is 204 Å². The fourth-order valence-electron chi connectivity index (χ4n) is 4.22. The normalized spacial score (nSPS) is 15.1. The molecule has 1 N–H and O–H groups in total. The molecule has 2 amide bonds. The van der Waals surface area contributed by atoms with Crippen molar-refractivity contribution >= 4 is 23.4 Å². The van der Waals surface area contributed by atoms with Crippen LogP contribution in [0.25, 0.3) is 0 Å². The van der Waals surface area contributed by atoms with E-state index < -0.39 is 11.9 Å². The molecular weight excluding hydrogens is 453 g/mol. The predicted molar refractivity (Wildman–Crippen MR) is 131 cm³/mol. The fourth-order valence-corrected chi connectivity index (χ4v) is 4.45. The summed E-state index contributed by atoms with van der Waals surface area (Å²) >= 11 is 6.15. The van der Waals surface area contributed by atoms with Gasteiger partial charge >= 0.3 is 0 Å². The Morgan fingerprint density at radius 3 is 2.24 bits per heavy atom. The summed E-state index contributed by atoms with van der Waals surface area (Å²) in [4.78, 5) is 30.1. The summed E-state index contributed by atoms with van der Waals surface area (Å²) in [5, 5.41) is 3.17. The summed E-state index contributed by atoms with van der Waals surface area (Å²) in [6, 6.07) is 21.7. The fraction of sp³-hybridized carbons (Fsp3) is 0.259. The Morgan fingerprint density at radius 2 is 1.59 bits per heavy atom. The van der Waals surface area contributed by atoms with Crippen molar-refractivity contribution in [2.24, 2.45) is 0 Å². The zero-order valence-corrected chi connectivity index (χ0v) is 19.8. The lowest BCUT2D eigenvalue weighted by atomic mass is 10.0. The summed E-state index contributed by atoms with van der Waals surface area (Å²) < 4.78 is 13.8. The number of amides is 2. The number of aryl methyl sites for hydroxylation is 1. The van der Waals surface area contributed by atoms with Crippen LogP contribution < -0.4 is 5.32 Å². The van der Waals surface area contributed by atoms with E-state index in [2.05, 4.69) is 10.2 Å². The van der Waals surface area contributed by atoms with E-state index in [9.17, 15) is 14.0 Å². The van der Waals surface area contributed by atoms with Crippen LogP contribution in [0.3, 0.4) is 0 Å². The first-order valence-electron chi connectivity index (χ1n) is 11.3.